The summed E-state index contributed by atoms with van der Waals surface area (Å²) in [4.78, 5) is 2.49. The third-order valence-corrected chi connectivity index (χ3v) is 3.64. The molecule has 94 valence electrons. The number of benzene rings is 1. The topological polar surface area (TPSA) is 12.5 Å². The maximum Gasteiger partial charge on any atom is 0.123 e. The molecule has 0 aromatic heterocycles. The molecule has 1 aliphatic carbocycles. The summed E-state index contributed by atoms with van der Waals surface area (Å²) in [5.41, 5.74) is 1.17. The first kappa shape index (κ1) is 13.2. The van der Waals surface area contributed by atoms with Crippen LogP contribution in [-0.2, 0) is 6.54 Å². The summed E-state index contributed by atoms with van der Waals surface area (Å²) >= 11 is 9.56. The molecule has 0 radical (unpaired) electrons. The predicted octanol–water partition coefficient (Wildman–Crippen LogP) is 3.71. The number of rotatable bonds is 6. The van der Waals surface area contributed by atoms with Crippen LogP contribution >= 0.6 is 27.5 Å². The molecule has 1 saturated carbocycles. The highest BCUT2D eigenvalue weighted by Gasteiger charge is 2.28. The molecule has 0 aliphatic heterocycles. The van der Waals surface area contributed by atoms with Gasteiger partial charge in [-0.1, -0.05) is 27.5 Å². The lowest BCUT2D eigenvalue weighted by Crippen LogP contribution is -2.27. The third kappa shape index (κ3) is 3.60. The third-order valence-electron chi connectivity index (χ3n) is 3.05. The molecule has 0 spiro atoms. The van der Waals surface area contributed by atoms with Gasteiger partial charge in [0.2, 0.25) is 0 Å². The van der Waals surface area contributed by atoms with E-state index in [1.807, 2.05) is 18.2 Å². The highest BCUT2D eigenvalue weighted by Crippen LogP contribution is 2.31. The van der Waals surface area contributed by atoms with Crippen molar-refractivity contribution in [1.82, 2.24) is 4.90 Å². The Labute approximate surface area is 116 Å². The van der Waals surface area contributed by atoms with Gasteiger partial charge in [0.05, 0.1) is 7.11 Å². The van der Waals surface area contributed by atoms with Gasteiger partial charge in [-0.3, -0.25) is 4.90 Å². The van der Waals surface area contributed by atoms with Crippen molar-refractivity contribution in [3.05, 3.63) is 28.8 Å². The molecular formula is C13H17BrClNO. The minimum atomic E-state index is 0.747. The number of methoxy groups -OCH3 is 1. The van der Waals surface area contributed by atoms with Crippen LogP contribution in [0.5, 0.6) is 5.75 Å². The number of alkyl halides is 1. The van der Waals surface area contributed by atoms with Gasteiger partial charge < -0.3 is 4.74 Å². The maximum atomic E-state index is 6.05. The van der Waals surface area contributed by atoms with Gasteiger partial charge in [0.1, 0.15) is 5.75 Å². The molecule has 0 bridgehead atoms. The van der Waals surface area contributed by atoms with E-state index in [-0.39, 0.29) is 0 Å². The van der Waals surface area contributed by atoms with Gasteiger partial charge in [-0.15, -0.1) is 0 Å². The monoisotopic (exact) mass is 317 g/mol. The van der Waals surface area contributed by atoms with E-state index in [4.69, 9.17) is 16.3 Å². The second-order valence-corrected chi connectivity index (χ2v) is 5.58. The van der Waals surface area contributed by atoms with Crippen LogP contribution in [0.3, 0.4) is 0 Å². The molecule has 2 rings (SSSR count). The molecular weight excluding hydrogens is 302 g/mol. The van der Waals surface area contributed by atoms with Gasteiger partial charge in [0.25, 0.3) is 0 Å². The first-order valence-corrected chi connectivity index (χ1v) is 7.37. The molecule has 1 aromatic rings. The second-order valence-electron chi connectivity index (χ2n) is 4.35. The molecule has 4 heteroatoms. The second kappa shape index (κ2) is 6.07. The number of halogens is 2. The fourth-order valence-electron chi connectivity index (χ4n) is 2.03. The summed E-state index contributed by atoms with van der Waals surface area (Å²) in [6.45, 7) is 1.99. The van der Waals surface area contributed by atoms with Gasteiger partial charge >= 0.3 is 0 Å². The largest absolute Gasteiger partial charge is 0.496 e. The molecule has 0 heterocycles. The van der Waals surface area contributed by atoms with Crippen LogP contribution in [0.1, 0.15) is 18.4 Å². The van der Waals surface area contributed by atoms with Crippen molar-refractivity contribution in [3.8, 4) is 5.75 Å². The number of ether oxygens (including phenoxy) is 1. The summed E-state index contributed by atoms with van der Waals surface area (Å²) in [6.07, 6.45) is 2.63. The van der Waals surface area contributed by atoms with Crippen molar-refractivity contribution in [2.45, 2.75) is 25.4 Å². The average molecular weight is 319 g/mol. The zero-order valence-electron chi connectivity index (χ0n) is 9.96. The molecule has 0 atom stereocenters. The molecule has 0 saturated heterocycles. The van der Waals surface area contributed by atoms with Crippen LogP contribution in [-0.4, -0.2) is 29.9 Å². The highest BCUT2D eigenvalue weighted by atomic mass is 79.9. The predicted molar refractivity (Wildman–Crippen MR) is 75.2 cm³/mol. The van der Waals surface area contributed by atoms with E-state index in [1.54, 1.807) is 7.11 Å². The Balaban J connectivity index is 2.11. The first-order valence-electron chi connectivity index (χ1n) is 5.87. The van der Waals surface area contributed by atoms with Gasteiger partial charge in [-0.05, 0) is 31.0 Å². The standard InChI is InChI=1S/C13H17BrClNO/c1-17-13-5-2-11(15)8-10(13)9-16(7-6-14)12-3-4-12/h2,5,8,12H,3-4,6-7,9H2,1H3. The SMILES string of the molecule is COc1ccc(Cl)cc1CN(CCBr)C1CC1. The van der Waals surface area contributed by atoms with Gasteiger partial charge in [-0.2, -0.15) is 0 Å². The number of hydrogen-bond donors (Lipinski definition) is 0. The molecule has 1 aliphatic rings. The number of hydrogen-bond acceptors (Lipinski definition) is 2. The van der Waals surface area contributed by atoms with Gasteiger partial charge in [0, 0.05) is 35.0 Å². The van der Waals surface area contributed by atoms with Gasteiger partial charge in [-0.25, -0.2) is 0 Å². The number of nitrogens with zero attached hydrogens (tertiary/aromatic N) is 1. The fourth-order valence-corrected chi connectivity index (χ4v) is 2.68. The molecule has 17 heavy (non-hydrogen) atoms. The molecule has 2 nitrogen and oxygen atoms in total. The average Bonchev–Trinajstić information content (AvgIpc) is 3.13. The van der Waals surface area contributed by atoms with Crippen molar-refractivity contribution >= 4 is 27.5 Å². The van der Waals surface area contributed by atoms with E-state index < -0.39 is 0 Å². The Hall–Kier alpha value is -0.250. The minimum absolute atomic E-state index is 0.747. The lowest BCUT2D eigenvalue weighted by Gasteiger charge is -2.22. The Morgan fingerprint density at radius 3 is 2.82 bits per heavy atom. The van der Waals surface area contributed by atoms with E-state index in [0.717, 1.165) is 35.2 Å². The van der Waals surface area contributed by atoms with Crippen LogP contribution in [0.15, 0.2) is 18.2 Å². The summed E-state index contributed by atoms with van der Waals surface area (Å²) in [5.74, 6) is 0.926. The smallest absolute Gasteiger partial charge is 0.123 e. The van der Waals surface area contributed by atoms with Crippen LogP contribution in [0.25, 0.3) is 0 Å². The van der Waals surface area contributed by atoms with Crippen LogP contribution in [0.4, 0.5) is 0 Å². The van der Waals surface area contributed by atoms with Crippen LogP contribution in [0, 0.1) is 0 Å². The van der Waals surface area contributed by atoms with Crippen LogP contribution in [0.2, 0.25) is 5.02 Å². The Morgan fingerprint density at radius 1 is 1.47 bits per heavy atom. The molecule has 0 N–H and O–H groups in total. The first-order chi connectivity index (χ1) is 8.24. The maximum absolute atomic E-state index is 6.05. The summed E-state index contributed by atoms with van der Waals surface area (Å²) in [6, 6.07) is 6.56. The normalized spacial score (nSPS) is 15.3. The van der Waals surface area contributed by atoms with Crippen LogP contribution < -0.4 is 4.74 Å². The van der Waals surface area contributed by atoms with Crippen molar-refractivity contribution in [2.75, 3.05) is 19.0 Å². The zero-order valence-corrected chi connectivity index (χ0v) is 12.3. The Bertz CT molecular complexity index is 382. The van der Waals surface area contributed by atoms with E-state index >= 15 is 0 Å². The summed E-state index contributed by atoms with van der Waals surface area (Å²) in [5, 5.41) is 1.78. The van der Waals surface area contributed by atoms with E-state index in [1.165, 1.54) is 18.4 Å². The van der Waals surface area contributed by atoms with E-state index in [2.05, 4.69) is 20.8 Å². The van der Waals surface area contributed by atoms with Crippen molar-refractivity contribution in [3.63, 3.8) is 0 Å². The molecule has 1 fully saturated rings. The van der Waals surface area contributed by atoms with Crippen molar-refractivity contribution in [1.29, 1.82) is 0 Å². The summed E-state index contributed by atoms with van der Waals surface area (Å²) in [7, 11) is 1.71. The Morgan fingerprint density at radius 2 is 2.24 bits per heavy atom. The quantitative estimate of drug-likeness (QED) is 0.741. The lowest BCUT2D eigenvalue weighted by atomic mass is 10.2. The van der Waals surface area contributed by atoms with E-state index in [0.29, 0.717) is 0 Å². The molecule has 0 unspecified atom stereocenters. The van der Waals surface area contributed by atoms with Crippen molar-refractivity contribution in [2.24, 2.45) is 0 Å². The van der Waals surface area contributed by atoms with E-state index in [9.17, 15) is 0 Å². The molecule has 1 aromatic carbocycles. The zero-order chi connectivity index (χ0) is 12.3. The fraction of sp³-hybridized carbons (Fsp3) is 0.538. The van der Waals surface area contributed by atoms with Crippen molar-refractivity contribution < 1.29 is 4.74 Å². The minimum Gasteiger partial charge on any atom is -0.496 e. The molecule has 0 amide bonds. The summed E-state index contributed by atoms with van der Waals surface area (Å²) < 4.78 is 5.38. The highest BCUT2D eigenvalue weighted by molar-refractivity contribution is 9.09. The van der Waals surface area contributed by atoms with Gasteiger partial charge in [0.15, 0.2) is 0 Å². The Kier molecular flexibility index (Phi) is 4.71. The lowest BCUT2D eigenvalue weighted by molar-refractivity contribution is 0.267.